The number of halogens is 1. The van der Waals surface area contributed by atoms with Crippen LogP contribution in [0.25, 0.3) is 6.08 Å². The topological polar surface area (TPSA) is 65.1 Å². The molecule has 2 amide bonds. The minimum absolute atomic E-state index is 0.221. The molecular weight excluding hydrogens is 446 g/mol. The maximum atomic E-state index is 12.8. The van der Waals surface area contributed by atoms with Crippen molar-refractivity contribution >= 4 is 44.9 Å². The lowest BCUT2D eigenvalue weighted by atomic mass is 10.1. The molecular formula is C20H18BrNO5S. The van der Waals surface area contributed by atoms with E-state index in [2.05, 4.69) is 15.9 Å². The van der Waals surface area contributed by atoms with Crippen molar-refractivity contribution in [3.05, 3.63) is 56.9 Å². The minimum Gasteiger partial charge on any atom is -0.496 e. The van der Waals surface area contributed by atoms with Gasteiger partial charge < -0.3 is 14.2 Å². The number of ether oxygens (including phenoxy) is 3. The molecule has 0 saturated carbocycles. The zero-order valence-electron chi connectivity index (χ0n) is 15.5. The number of rotatable bonds is 6. The molecule has 28 heavy (non-hydrogen) atoms. The molecule has 146 valence electrons. The van der Waals surface area contributed by atoms with Gasteiger partial charge in [0.1, 0.15) is 5.75 Å². The monoisotopic (exact) mass is 463 g/mol. The molecule has 0 aromatic heterocycles. The van der Waals surface area contributed by atoms with Crippen LogP contribution in [0.15, 0.2) is 45.8 Å². The molecule has 0 atom stereocenters. The van der Waals surface area contributed by atoms with Crippen molar-refractivity contribution in [2.24, 2.45) is 0 Å². The highest BCUT2D eigenvalue weighted by Crippen LogP contribution is 2.39. The molecule has 0 bridgehead atoms. The summed E-state index contributed by atoms with van der Waals surface area (Å²) in [5, 5.41) is -0.307. The average molecular weight is 464 g/mol. The van der Waals surface area contributed by atoms with Crippen molar-refractivity contribution in [3.63, 3.8) is 0 Å². The molecule has 3 rings (SSSR count). The van der Waals surface area contributed by atoms with Gasteiger partial charge in [0.25, 0.3) is 11.1 Å². The standard InChI is InChI=1S/C20H18BrNO5S/c1-25-15-10-17(27-3)16(26-2)8-13(15)9-18-19(23)22(20(24)28-18)11-12-4-6-14(21)7-5-12/h4-10H,11H2,1-3H3/b18-9+. The fourth-order valence-electron chi connectivity index (χ4n) is 2.72. The number of hydrogen-bond donors (Lipinski definition) is 0. The maximum Gasteiger partial charge on any atom is 0.293 e. The molecule has 0 unspecified atom stereocenters. The first-order valence-electron chi connectivity index (χ1n) is 8.26. The van der Waals surface area contributed by atoms with E-state index in [0.717, 1.165) is 21.8 Å². The van der Waals surface area contributed by atoms with Gasteiger partial charge in [0.05, 0.1) is 32.8 Å². The second-order valence-corrected chi connectivity index (χ2v) is 7.75. The minimum atomic E-state index is -0.338. The number of carbonyl (C=O) groups excluding carboxylic acids is 2. The van der Waals surface area contributed by atoms with Gasteiger partial charge in [-0.15, -0.1) is 0 Å². The Kier molecular flexibility index (Phi) is 6.31. The summed E-state index contributed by atoms with van der Waals surface area (Å²) in [5.41, 5.74) is 1.49. The summed E-state index contributed by atoms with van der Waals surface area (Å²) in [6.07, 6.45) is 1.63. The summed E-state index contributed by atoms with van der Waals surface area (Å²) >= 11 is 4.28. The van der Waals surface area contributed by atoms with Crippen LogP contribution in [0.2, 0.25) is 0 Å². The Labute approximate surface area is 175 Å². The number of methoxy groups -OCH3 is 3. The predicted octanol–water partition coefficient (Wildman–Crippen LogP) is 4.71. The highest BCUT2D eigenvalue weighted by molar-refractivity contribution is 9.10. The van der Waals surface area contributed by atoms with Crippen LogP contribution in [0.3, 0.4) is 0 Å². The highest BCUT2D eigenvalue weighted by Gasteiger charge is 2.35. The fourth-order valence-corrected chi connectivity index (χ4v) is 3.81. The average Bonchev–Trinajstić information content (AvgIpc) is 2.96. The quantitative estimate of drug-likeness (QED) is 0.577. The third kappa shape index (κ3) is 4.18. The number of benzene rings is 2. The molecule has 8 heteroatoms. The van der Waals surface area contributed by atoms with E-state index in [1.165, 1.54) is 26.2 Å². The molecule has 0 spiro atoms. The second-order valence-electron chi connectivity index (χ2n) is 5.84. The van der Waals surface area contributed by atoms with Gasteiger partial charge in [0, 0.05) is 16.1 Å². The Morgan fingerprint density at radius 2 is 1.57 bits per heavy atom. The van der Waals surface area contributed by atoms with Gasteiger partial charge in [-0.2, -0.15) is 0 Å². The van der Waals surface area contributed by atoms with E-state index < -0.39 is 0 Å². The molecule has 0 aliphatic carbocycles. The van der Waals surface area contributed by atoms with E-state index in [1.54, 1.807) is 18.2 Å². The van der Waals surface area contributed by atoms with E-state index in [-0.39, 0.29) is 17.7 Å². The van der Waals surface area contributed by atoms with Crippen LogP contribution < -0.4 is 14.2 Å². The van der Waals surface area contributed by atoms with Gasteiger partial charge in [-0.25, -0.2) is 0 Å². The van der Waals surface area contributed by atoms with Crippen LogP contribution in [-0.2, 0) is 11.3 Å². The number of imide groups is 1. The van der Waals surface area contributed by atoms with Gasteiger partial charge in [0.15, 0.2) is 11.5 Å². The summed E-state index contributed by atoms with van der Waals surface area (Å²) in [6, 6.07) is 10.9. The first-order chi connectivity index (χ1) is 13.5. The molecule has 1 aliphatic heterocycles. The van der Waals surface area contributed by atoms with Crippen LogP contribution in [0.1, 0.15) is 11.1 Å². The molecule has 2 aromatic carbocycles. The van der Waals surface area contributed by atoms with Crippen LogP contribution in [0.5, 0.6) is 17.2 Å². The summed E-state index contributed by atoms with van der Waals surface area (Å²) < 4.78 is 16.9. The van der Waals surface area contributed by atoms with Gasteiger partial charge in [-0.05, 0) is 41.6 Å². The molecule has 6 nitrogen and oxygen atoms in total. The van der Waals surface area contributed by atoms with E-state index in [1.807, 2.05) is 24.3 Å². The second kappa shape index (κ2) is 8.70. The van der Waals surface area contributed by atoms with Crippen molar-refractivity contribution in [1.29, 1.82) is 0 Å². The van der Waals surface area contributed by atoms with Gasteiger partial charge in [0.2, 0.25) is 0 Å². The SMILES string of the molecule is COc1cc(OC)c(OC)cc1/C=C1/SC(=O)N(Cc2ccc(Br)cc2)C1=O. The normalized spacial score (nSPS) is 15.3. The number of carbonyl (C=O) groups is 2. The Hall–Kier alpha value is -2.45. The molecule has 0 radical (unpaired) electrons. The van der Waals surface area contributed by atoms with Crippen LogP contribution in [-0.4, -0.2) is 37.4 Å². The van der Waals surface area contributed by atoms with Crippen molar-refractivity contribution in [2.75, 3.05) is 21.3 Å². The Balaban J connectivity index is 1.90. The first-order valence-corrected chi connectivity index (χ1v) is 9.87. The zero-order valence-corrected chi connectivity index (χ0v) is 17.9. The van der Waals surface area contributed by atoms with Crippen molar-refractivity contribution < 1.29 is 23.8 Å². The molecule has 1 saturated heterocycles. The highest BCUT2D eigenvalue weighted by atomic mass is 79.9. The van der Waals surface area contributed by atoms with E-state index >= 15 is 0 Å². The zero-order chi connectivity index (χ0) is 20.3. The Morgan fingerprint density at radius 1 is 0.964 bits per heavy atom. The Bertz CT molecular complexity index is 942. The largest absolute Gasteiger partial charge is 0.496 e. The number of hydrogen-bond acceptors (Lipinski definition) is 6. The number of amides is 2. The lowest BCUT2D eigenvalue weighted by Gasteiger charge is -2.13. The van der Waals surface area contributed by atoms with E-state index in [9.17, 15) is 9.59 Å². The first kappa shape index (κ1) is 20.3. The number of nitrogens with zero attached hydrogens (tertiary/aromatic N) is 1. The Morgan fingerprint density at radius 3 is 2.18 bits per heavy atom. The molecule has 1 heterocycles. The fraction of sp³-hybridized carbons (Fsp3) is 0.200. The lowest BCUT2D eigenvalue weighted by molar-refractivity contribution is -0.123. The van der Waals surface area contributed by atoms with Crippen LogP contribution >= 0.6 is 27.7 Å². The summed E-state index contributed by atoms with van der Waals surface area (Å²) in [5.74, 6) is 1.19. The molecule has 0 N–H and O–H groups in total. The van der Waals surface area contributed by atoms with Crippen LogP contribution in [0.4, 0.5) is 4.79 Å². The predicted molar refractivity (Wildman–Crippen MR) is 112 cm³/mol. The van der Waals surface area contributed by atoms with Gasteiger partial charge >= 0.3 is 0 Å². The third-order valence-corrected chi connectivity index (χ3v) is 5.59. The summed E-state index contributed by atoms with van der Waals surface area (Å²) in [7, 11) is 4.59. The number of thioether (sulfide) groups is 1. The molecule has 1 fully saturated rings. The molecule has 1 aliphatic rings. The smallest absolute Gasteiger partial charge is 0.293 e. The maximum absolute atomic E-state index is 12.8. The molecule has 2 aromatic rings. The summed E-state index contributed by atoms with van der Waals surface area (Å²) in [4.78, 5) is 26.7. The summed E-state index contributed by atoms with van der Waals surface area (Å²) in [6.45, 7) is 0.221. The third-order valence-electron chi connectivity index (χ3n) is 4.15. The van der Waals surface area contributed by atoms with E-state index in [0.29, 0.717) is 27.7 Å². The van der Waals surface area contributed by atoms with Crippen molar-refractivity contribution in [1.82, 2.24) is 4.90 Å². The van der Waals surface area contributed by atoms with Crippen molar-refractivity contribution in [2.45, 2.75) is 6.54 Å². The van der Waals surface area contributed by atoms with Gasteiger partial charge in [-0.3, -0.25) is 14.5 Å². The van der Waals surface area contributed by atoms with Gasteiger partial charge in [-0.1, -0.05) is 28.1 Å². The van der Waals surface area contributed by atoms with Crippen LogP contribution in [0, 0.1) is 0 Å². The van der Waals surface area contributed by atoms with E-state index in [4.69, 9.17) is 14.2 Å². The lowest BCUT2D eigenvalue weighted by Crippen LogP contribution is -2.27. The van der Waals surface area contributed by atoms with Crippen molar-refractivity contribution in [3.8, 4) is 17.2 Å².